The molecule has 30 heavy (non-hydrogen) atoms. The lowest BCUT2D eigenvalue weighted by molar-refractivity contribution is 0.120. The Morgan fingerprint density at radius 1 is 1.17 bits per heavy atom. The van der Waals surface area contributed by atoms with Crippen LogP contribution in [0.1, 0.15) is 48.9 Å². The summed E-state index contributed by atoms with van der Waals surface area (Å²) in [5, 5.41) is 4.91. The molecule has 2 aliphatic carbocycles. The molecule has 1 aromatic carbocycles. The fourth-order valence-electron chi connectivity index (χ4n) is 4.08. The zero-order chi connectivity index (χ0) is 20.9. The van der Waals surface area contributed by atoms with Crippen LogP contribution in [0.25, 0.3) is 11.3 Å². The van der Waals surface area contributed by atoms with Crippen LogP contribution in [-0.2, 0) is 21.3 Å². The van der Waals surface area contributed by atoms with Crippen molar-refractivity contribution in [1.29, 1.82) is 0 Å². The minimum absolute atomic E-state index is 0.214. The molecule has 3 aromatic rings. The summed E-state index contributed by atoms with van der Waals surface area (Å²) in [5.41, 5.74) is 4.44. The van der Waals surface area contributed by atoms with Crippen LogP contribution in [0.5, 0.6) is 0 Å². The zero-order valence-electron chi connectivity index (χ0n) is 17.2. The molecule has 2 aromatic heterocycles. The van der Waals surface area contributed by atoms with Crippen molar-refractivity contribution in [2.75, 3.05) is 6.61 Å². The molecule has 0 saturated heterocycles. The van der Waals surface area contributed by atoms with Crippen LogP contribution in [0.4, 0.5) is 0 Å². The molecule has 158 valence electrons. The Hall–Kier alpha value is -2.45. The van der Waals surface area contributed by atoms with Gasteiger partial charge in [0.2, 0.25) is 0 Å². The lowest BCUT2D eigenvalue weighted by Crippen LogP contribution is -2.31. The summed E-state index contributed by atoms with van der Waals surface area (Å²) in [6.45, 7) is 2.15. The van der Waals surface area contributed by atoms with Crippen molar-refractivity contribution in [2.45, 2.75) is 49.5 Å². The molecule has 0 atom stereocenters. The number of hydrogen-bond acceptors (Lipinski definition) is 5. The monoisotopic (exact) mass is 426 g/mol. The highest BCUT2D eigenvalue weighted by Crippen LogP contribution is 2.45. The Bertz CT molecular complexity index is 1150. The molecule has 0 amide bonds. The van der Waals surface area contributed by atoms with Crippen LogP contribution in [-0.4, -0.2) is 34.4 Å². The van der Waals surface area contributed by atoms with Gasteiger partial charge in [-0.1, -0.05) is 17.7 Å². The van der Waals surface area contributed by atoms with Gasteiger partial charge in [0.25, 0.3) is 10.1 Å². The van der Waals surface area contributed by atoms with Crippen molar-refractivity contribution in [3.8, 4) is 11.3 Å². The van der Waals surface area contributed by atoms with E-state index in [1.807, 2.05) is 31.1 Å². The molecular weight excluding hydrogens is 400 g/mol. The fourth-order valence-corrected chi connectivity index (χ4v) is 5.05. The average molecular weight is 427 g/mol. The first kappa shape index (κ1) is 19.5. The van der Waals surface area contributed by atoms with Crippen molar-refractivity contribution < 1.29 is 12.6 Å². The first-order valence-electron chi connectivity index (χ1n) is 10.4. The van der Waals surface area contributed by atoms with Crippen LogP contribution in [0, 0.1) is 12.8 Å². The molecule has 8 heteroatoms. The molecule has 0 N–H and O–H groups in total. The van der Waals surface area contributed by atoms with Crippen LogP contribution in [0.2, 0.25) is 0 Å². The quantitative estimate of drug-likeness (QED) is 0.537. The predicted molar refractivity (Wildman–Crippen MR) is 112 cm³/mol. The highest BCUT2D eigenvalue weighted by Gasteiger charge is 2.36. The zero-order valence-corrected chi connectivity index (χ0v) is 18.0. The van der Waals surface area contributed by atoms with E-state index in [-0.39, 0.29) is 17.4 Å². The van der Waals surface area contributed by atoms with Crippen molar-refractivity contribution in [1.82, 2.24) is 19.3 Å². The second-order valence-electron chi connectivity index (χ2n) is 8.62. The van der Waals surface area contributed by atoms with Gasteiger partial charge in [-0.2, -0.15) is 13.5 Å². The van der Waals surface area contributed by atoms with E-state index in [1.54, 1.807) is 24.3 Å². The standard InChI is InChI=1S/C22H26N4O3S/c1-15-3-7-19(8-4-15)30(27,28)29-13-16-9-18(10-16)26-12-20(21-11-23-14-25(21)2)22(24-26)17-5-6-17/h3-4,7-8,11-12,14,16-18H,5-6,9-10,13H2,1-2H3. The molecule has 2 fully saturated rings. The molecule has 2 heterocycles. The third kappa shape index (κ3) is 3.70. The van der Waals surface area contributed by atoms with Gasteiger partial charge in [-0.05, 0) is 50.7 Å². The van der Waals surface area contributed by atoms with E-state index in [1.165, 1.54) is 24.1 Å². The first-order valence-corrected chi connectivity index (χ1v) is 11.8. The average Bonchev–Trinajstić information content (AvgIpc) is 3.30. The Labute approximate surface area is 176 Å². The van der Waals surface area contributed by atoms with Gasteiger partial charge in [0.15, 0.2) is 0 Å². The van der Waals surface area contributed by atoms with E-state index < -0.39 is 10.1 Å². The summed E-state index contributed by atoms with van der Waals surface area (Å²) in [7, 11) is -1.70. The number of hydrogen-bond donors (Lipinski definition) is 0. The highest BCUT2D eigenvalue weighted by atomic mass is 32.2. The maximum atomic E-state index is 12.4. The summed E-state index contributed by atoms with van der Waals surface area (Å²) >= 11 is 0. The summed E-state index contributed by atoms with van der Waals surface area (Å²) in [5.74, 6) is 0.777. The topological polar surface area (TPSA) is 79.0 Å². The second kappa shape index (κ2) is 7.35. The second-order valence-corrected chi connectivity index (χ2v) is 10.2. The highest BCUT2D eigenvalue weighted by molar-refractivity contribution is 7.86. The van der Waals surface area contributed by atoms with Crippen LogP contribution >= 0.6 is 0 Å². The van der Waals surface area contributed by atoms with Crippen molar-refractivity contribution in [2.24, 2.45) is 13.0 Å². The molecule has 2 aliphatic rings. The largest absolute Gasteiger partial charge is 0.334 e. The van der Waals surface area contributed by atoms with Crippen molar-refractivity contribution in [3.63, 3.8) is 0 Å². The molecule has 7 nitrogen and oxygen atoms in total. The molecular formula is C22H26N4O3S. The van der Waals surface area contributed by atoms with Crippen LogP contribution in [0.15, 0.2) is 47.9 Å². The summed E-state index contributed by atoms with van der Waals surface area (Å²) in [4.78, 5) is 4.46. The van der Waals surface area contributed by atoms with Crippen molar-refractivity contribution in [3.05, 3.63) is 54.2 Å². The van der Waals surface area contributed by atoms with E-state index in [2.05, 4.69) is 15.9 Å². The van der Waals surface area contributed by atoms with Gasteiger partial charge in [-0.15, -0.1) is 0 Å². The fraction of sp³-hybridized carbons (Fsp3) is 0.455. The number of aromatic nitrogens is 4. The van der Waals surface area contributed by atoms with Gasteiger partial charge in [0.05, 0.1) is 41.5 Å². The van der Waals surface area contributed by atoms with E-state index in [0.29, 0.717) is 12.0 Å². The smallest absolute Gasteiger partial charge is 0.296 e. The molecule has 0 bridgehead atoms. The molecule has 0 radical (unpaired) electrons. The molecule has 2 saturated carbocycles. The van der Waals surface area contributed by atoms with Gasteiger partial charge in [-0.25, -0.2) is 4.98 Å². The van der Waals surface area contributed by atoms with Gasteiger partial charge >= 0.3 is 0 Å². The maximum Gasteiger partial charge on any atom is 0.296 e. The lowest BCUT2D eigenvalue weighted by atomic mass is 9.81. The molecule has 0 spiro atoms. The third-order valence-electron chi connectivity index (χ3n) is 6.17. The van der Waals surface area contributed by atoms with Gasteiger partial charge in [-0.3, -0.25) is 8.86 Å². The van der Waals surface area contributed by atoms with E-state index in [0.717, 1.165) is 24.1 Å². The molecule has 0 aliphatic heterocycles. The number of imidazole rings is 1. The minimum atomic E-state index is -3.70. The van der Waals surface area contributed by atoms with Crippen LogP contribution in [0.3, 0.4) is 0 Å². The number of nitrogens with zero attached hydrogens (tertiary/aromatic N) is 4. The van der Waals surface area contributed by atoms with Crippen LogP contribution < -0.4 is 0 Å². The maximum absolute atomic E-state index is 12.4. The molecule has 0 unspecified atom stereocenters. The summed E-state index contributed by atoms with van der Waals surface area (Å²) < 4.78 is 34.2. The van der Waals surface area contributed by atoms with E-state index >= 15 is 0 Å². The number of aryl methyl sites for hydroxylation is 2. The van der Waals surface area contributed by atoms with Gasteiger partial charge < -0.3 is 4.57 Å². The van der Waals surface area contributed by atoms with Gasteiger partial charge in [0, 0.05) is 24.7 Å². The Balaban J connectivity index is 1.23. The van der Waals surface area contributed by atoms with Crippen molar-refractivity contribution >= 4 is 10.1 Å². The number of rotatable bonds is 7. The summed E-state index contributed by atoms with van der Waals surface area (Å²) in [6.07, 6.45) is 9.98. The predicted octanol–water partition coefficient (Wildman–Crippen LogP) is 3.83. The first-order chi connectivity index (χ1) is 14.4. The number of benzene rings is 1. The summed E-state index contributed by atoms with van der Waals surface area (Å²) in [6, 6.07) is 7.05. The lowest BCUT2D eigenvalue weighted by Gasteiger charge is -2.34. The van der Waals surface area contributed by atoms with Gasteiger partial charge in [0.1, 0.15) is 0 Å². The van der Waals surface area contributed by atoms with E-state index in [4.69, 9.17) is 9.28 Å². The van der Waals surface area contributed by atoms with E-state index in [9.17, 15) is 8.42 Å². The normalized spacial score (nSPS) is 21.5. The Kier molecular flexibility index (Phi) is 4.78. The minimum Gasteiger partial charge on any atom is -0.334 e. The molecule has 5 rings (SSSR count). The third-order valence-corrected chi connectivity index (χ3v) is 7.47. The Morgan fingerprint density at radius 3 is 2.53 bits per heavy atom. The Morgan fingerprint density at radius 2 is 1.90 bits per heavy atom. The SMILES string of the molecule is Cc1ccc(S(=O)(=O)OCC2CC(n3cc(-c4cncn4C)c(C4CC4)n3)C2)cc1.